The molecule has 0 N–H and O–H groups in total. The summed E-state index contributed by atoms with van der Waals surface area (Å²) in [7, 11) is 0. The van der Waals surface area contributed by atoms with E-state index in [9.17, 15) is 4.79 Å². The van der Waals surface area contributed by atoms with Crippen molar-refractivity contribution in [3.63, 3.8) is 0 Å². The van der Waals surface area contributed by atoms with Crippen LogP contribution in [0.4, 0.5) is 0 Å². The van der Waals surface area contributed by atoms with Crippen LogP contribution in [-0.4, -0.2) is 15.8 Å². The Hall–Kier alpha value is -1.25. The van der Waals surface area contributed by atoms with Crippen LogP contribution in [0.1, 0.15) is 31.3 Å². The molecule has 1 atom stereocenters. The summed E-state index contributed by atoms with van der Waals surface area (Å²) < 4.78 is 0. The van der Waals surface area contributed by atoms with Crippen LogP contribution in [0.3, 0.4) is 0 Å². The summed E-state index contributed by atoms with van der Waals surface area (Å²) in [6.07, 6.45) is 1.68. The summed E-state index contributed by atoms with van der Waals surface area (Å²) in [6.45, 7) is 5.26. The fourth-order valence-electron chi connectivity index (χ4n) is 0.859. The van der Waals surface area contributed by atoms with Crippen LogP contribution in [0, 0.1) is 6.92 Å². The molecule has 0 amide bonds. The number of hydrogen-bond donors (Lipinski definition) is 0. The summed E-state index contributed by atoms with van der Waals surface area (Å²) >= 11 is 0. The summed E-state index contributed by atoms with van der Waals surface area (Å²) in [6, 6.07) is 1.82. The molecule has 64 valence electrons. The average Bonchev–Trinajstić information content (AvgIpc) is 2.03. The van der Waals surface area contributed by atoms with Crippen molar-refractivity contribution >= 4 is 5.78 Å². The van der Waals surface area contributed by atoms with Crippen LogP contribution in [0.15, 0.2) is 12.3 Å². The Bertz CT molecular complexity index is 296. The van der Waals surface area contributed by atoms with Crippen molar-refractivity contribution in [1.29, 1.82) is 0 Å². The lowest BCUT2D eigenvalue weighted by Crippen LogP contribution is -2.08. The van der Waals surface area contributed by atoms with Gasteiger partial charge in [0.05, 0.1) is 5.92 Å². The van der Waals surface area contributed by atoms with Crippen molar-refractivity contribution in [2.24, 2.45) is 0 Å². The van der Waals surface area contributed by atoms with E-state index in [4.69, 9.17) is 0 Å². The molecule has 0 aliphatic heterocycles. The molecule has 0 spiro atoms. The van der Waals surface area contributed by atoms with E-state index < -0.39 is 0 Å². The number of hydrogen-bond acceptors (Lipinski definition) is 3. The van der Waals surface area contributed by atoms with Gasteiger partial charge in [0, 0.05) is 11.9 Å². The third-order valence-corrected chi connectivity index (χ3v) is 1.81. The molecule has 0 aliphatic carbocycles. The number of aromatic nitrogens is 2. The van der Waals surface area contributed by atoms with Crippen LogP contribution in [0.2, 0.25) is 0 Å². The molecule has 1 heterocycles. The van der Waals surface area contributed by atoms with Gasteiger partial charge in [0.25, 0.3) is 0 Å². The van der Waals surface area contributed by atoms with Crippen LogP contribution in [0.5, 0.6) is 0 Å². The first kappa shape index (κ1) is 8.84. The zero-order chi connectivity index (χ0) is 9.14. The molecular formula is C9H12N2O. The highest BCUT2D eigenvalue weighted by atomic mass is 16.1. The molecule has 0 saturated carbocycles. The number of carbonyl (C=O) groups excluding carboxylic acids is 1. The SMILES string of the molecule is CC(=O)C(C)c1nccc(C)n1. The van der Waals surface area contributed by atoms with Crippen molar-refractivity contribution in [3.05, 3.63) is 23.8 Å². The molecule has 1 aromatic heterocycles. The molecule has 0 aromatic carbocycles. The molecule has 0 fully saturated rings. The number of nitrogens with zero attached hydrogens (tertiary/aromatic N) is 2. The maximum absolute atomic E-state index is 11.0. The largest absolute Gasteiger partial charge is 0.299 e. The minimum absolute atomic E-state index is 0.0978. The Labute approximate surface area is 71.9 Å². The molecule has 0 saturated heterocycles. The molecule has 12 heavy (non-hydrogen) atoms. The van der Waals surface area contributed by atoms with Gasteiger partial charge in [0.15, 0.2) is 0 Å². The lowest BCUT2D eigenvalue weighted by atomic mass is 10.1. The second-order valence-electron chi connectivity index (χ2n) is 2.89. The molecule has 0 aliphatic rings. The molecule has 3 heteroatoms. The van der Waals surface area contributed by atoms with E-state index in [1.165, 1.54) is 0 Å². The van der Waals surface area contributed by atoms with Crippen LogP contribution in [-0.2, 0) is 4.79 Å². The van der Waals surface area contributed by atoms with E-state index in [1.807, 2.05) is 19.9 Å². The van der Waals surface area contributed by atoms with Crippen molar-refractivity contribution in [3.8, 4) is 0 Å². The molecule has 3 nitrogen and oxygen atoms in total. The molecule has 0 radical (unpaired) electrons. The van der Waals surface area contributed by atoms with Crippen molar-refractivity contribution in [1.82, 2.24) is 9.97 Å². The van der Waals surface area contributed by atoms with Crippen LogP contribution >= 0.6 is 0 Å². The third kappa shape index (κ3) is 1.87. The Kier molecular flexibility index (Phi) is 2.53. The lowest BCUT2D eigenvalue weighted by Gasteiger charge is -2.05. The second-order valence-corrected chi connectivity index (χ2v) is 2.89. The highest BCUT2D eigenvalue weighted by molar-refractivity contribution is 5.81. The fraction of sp³-hybridized carbons (Fsp3) is 0.444. The van der Waals surface area contributed by atoms with E-state index in [0.29, 0.717) is 5.82 Å². The number of rotatable bonds is 2. The minimum atomic E-state index is -0.190. The Morgan fingerprint density at radius 3 is 2.75 bits per heavy atom. The fourth-order valence-corrected chi connectivity index (χ4v) is 0.859. The summed E-state index contributed by atoms with van der Waals surface area (Å²) in [4.78, 5) is 19.2. The zero-order valence-corrected chi connectivity index (χ0v) is 7.53. The van der Waals surface area contributed by atoms with Gasteiger partial charge in [-0.05, 0) is 26.8 Å². The van der Waals surface area contributed by atoms with Crippen LogP contribution in [0.25, 0.3) is 0 Å². The van der Waals surface area contributed by atoms with Gasteiger partial charge in [-0.3, -0.25) is 4.79 Å². The maximum atomic E-state index is 11.0. The number of ketones is 1. The summed E-state index contributed by atoms with van der Waals surface area (Å²) in [5, 5.41) is 0. The Balaban J connectivity index is 2.95. The quantitative estimate of drug-likeness (QED) is 0.664. The first-order chi connectivity index (χ1) is 5.61. The van der Waals surface area contributed by atoms with E-state index >= 15 is 0 Å². The first-order valence-corrected chi connectivity index (χ1v) is 3.91. The predicted molar refractivity (Wildman–Crippen MR) is 45.9 cm³/mol. The van der Waals surface area contributed by atoms with Crippen molar-refractivity contribution < 1.29 is 4.79 Å². The average molecular weight is 164 g/mol. The van der Waals surface area contributed by atoms with Gasteiger partial charge < -0.3 is 0 Å². The lowest BCUT2D eigenvalue weighted by molar-refractivity contribution is -0.118. The van der Waals surface area contributed by atoms with Gasteiger partial charge in [-0.15, -0.1) is 0 Å². The predicted octanol–water partition coefficient (Wildman–Crippen LogP) is 1.48. The zero-order valence-electron chi connectivity index (χ0n) is 7.53. The van der Waals surface area contributed by atoms with Gasteiger partial charge in [0.1, 0.15) is 11.6 Å². The van der Waals surface area contributed by atoms with Gasteiger partial charge >= 0.3 is 0 Å². The normalized spacial score (nSPS) is 12.6. The Morgan fingerprint density at radius 1 is 1.58 bits per heavy atom. The van der Waals surface area contributed by atoms with Crippen LogP contribution < -0.4 is 0 Å². The Morgan fingerprint density at radius 2 is 2.25 bits per heavy atom. The van der Waals surface area contributed by atoms with Gasteiger partial charge in [-0.2, -0.15) is 0 Å². The first-order valence-electron chi connectivity index (χ1n) is 3.91. The van der Waals surface area contributed by atoms with Crippen molar-refractivity contribution in [2.45, 2.75) is 26.7 Å². The topological polar surface area (TPSA) is 42.9 Å². The molecule has 0 bridgehead atoms. The van der Waals surface area contributed by atoms with Gasteiger partial charge in [-0.1, -0.05) is 0 Å². The van der Waals surface area contributed by atoms with Gasteiger partial charge in [-0.25, -0.2) is 9.97 Å². The second kappa shape index (κ2) is 3.43. The summed E-state index contributed by atoms with van der Waals surface area (Å²) in [5.41, 5.74) is 0.896. The standard InChI is InChI=1S/C9H12N2O/c1-6-4-5-10-9(11-6)7(2)8(3)12/h4-5,7H,1-3H3. The molecule has 1 unspecified atom stereocenters. The number of aryl methyl sites for hydroxylation is 1. The third-order valence-electron chi connectivity index (χ3n) is 1.81. The van der Waals surface area contributed by atoms with Gasteiger partial charge in [0.2, 0.25) is 0 Å². The van der Waals surface area contributed by atoms with Crippen molar-refractivity contribution in [2.75, 3.05) is 0 Å². The maximum Gasteiger partial charge on any atom is 0.140 e. The monoisotopic (exact) mass is 164 g/mol. The molecular weight excluding hydrogens is 152 g/mol. The molecule has 1 aromatic rings. The number of carbonyl (C=O) groups is 1. The van der Waals surface area contributed by atoms with E-state index in [-0.39, 0.29) is 11.7 Å². The van der Waals surface area contributed by atoms with E-state index in [1.54, 1.807) is 13.1 Å². The van der Waals surface area contributed by atoms with E-state index in [2.05, 4.69) is 9.97 Å². The summed E-state index contributed by atoms with van der Waals surface area (Å²) in [5.74, 6) is 0.521. The smallest absolute Gasteiger partial charge is 0.140 e. The molecule has 1 rings (SSSR count). The number of Topliss-reactive ketones (excluding diaryl/α,β-unsaturated/α-hetero) is 1. The highest BCUT2D eigenvalue weighted by Gasteiger charge is 2.12. The minimum Gasteiger partial charge on any atom is -0.299 e. The van der Waals surface area contributed by atoms with E-state index in [0.717, 1.165) is 5.69 Å². The highest BCUT2D eigenvalue weighted by Crippen LogP contribution is 2.10.